The van der Waals surface area contributed by atoms with Crippen molar-refractivity contribution in [2.75, 3.05) is 40.8 Å². The number of aliphatic hydroxyl groups is 3. The van der Waals surface area contributed by atoms with E-state index in [2.05, 4.69) is 11.8 Å². The lowest BCUT2D eigenvalue weighted by Gasteiger charge is -2.47. The Kier molecular flexibility index (Phi) is 20.5. The summed E-state index contributed by atoms with van der Waals surface area (Å²) in [6, 6.07) is -0.257. The van der Waals surface area contributed by atoms with Crippen LogP contribution in [0.5, 0.6) is 0 Å². The van der Waals surface area contributed by atoms with Crippen LogP contribution in [0.2, 0.25) is 0 Å². The molecule has 0 radical (unpaired) electrons. The number of nitrogens with zero attached hydrogens (tertiary/aromatic N) is 3. The van der Waals surface area contributed by atoms with Gasteiger partial charge in [0.05, 0.1) is 29.6 Å². The van der Waals surface area contributed by atoms with Crippen LogP contribution in [0.15, 0.2) is 5.16 Å². The number of likely N-dealkylation sites (N-methyl/N-ethyl adjacent to an activating group) is 1. The zero-order valence-electron chi connectivity index (χ0n) is 38.3. The molecule has 0 aromatic rings. The number of hydrogen-bond acceptors (Lipinski definition) is 13. The standard InChI is InChI=1S/C45H83N3O10/c1-13-15-16-17-18-19-20-21-24-48-25-22-23-34(28-48)58-46-37-29(3)27-44(8,54-12)41(57-43-39(50)35(47(10)11)26-30(4)55-43)32(6)38(49)33(7)42(52)56-36(14-2)45(9,53)40(51)31(37)5/h29-36,39-41,43,50-51,53H,13-28H2,1-12H3/b46-37+/t29-,30-,31+,32+,33-,34-,35+,36-,39-,40-,41-,43+,44-,45-/m1/s1. The maximum atomic E-state index is 14.3. The van der Waals surface area contributed by atoms with Crippen LogP contribution in [-0.4, -0.2) is 144 Å². The molecule has 3 aliphatic rings. The molecule has 3 aliphatic heterocycles. The Balaban J connectivity index is 1.98. The molecule has 3 rings (SSSR count). The van der Waals surface area contributed by atoms with Gasteiger partial charge in [0, 0.05) is 37.5 Å². The van der Waals surface area contributed by atoms with E-state index in [1.54, 1.807) is 27.9 Å². The van der Waals surface area contributed by atoms with Crippen LogP contribution in [0.25, 0.3) is 0 Å². The highest BCUT2D eigenvalue weighted by atomic mass is 16.7. The number of aliphatic hydroxyl groups excluding tert-OH is 2. The molecule has 13 heteroatoms. The number of ketones is 1. The van der Waals surface area contributed by atoms with Gasteiger partial charge in [-0.05, 0) is 93.4 Å². The zero-order valence-corrected chi connectivity index (χ0v) is 38.3. The Labute approximate surface area is 350 Å². The fourth-order valence-electron chi connectivity index (χ4n) is 9.52. The molecule has 0 aliphatic carbocycles. The molecular formula is C45H83N3O10. The van der Waals surface area contributed by atoms with Crippen molar-refractivity contribution in [2.45, 2.75) is 206 Å². The number of methoxy groups -OCH3 is 1. The minimum absolute atomic E-state index is 0.148. The number of esters is 1. The summed E-state index contributed by atoms with van der Waals surface area (Å²) in [5.74, 6) is -4.54. The molecule has 14 atom stereocenters. The third kappa shape index (κ3) is 13.4. The van der Waals surface area contributed by atoms with Gasteiger partial charge in [-0.25, -0.2) is 0 Å². The number of rotatable bonds is 16. The summed E-state index contributed by atoms with van der Waals surface area (Å²) >= 11 is 0. The molecule has 3 N–H and O–H groups in total. The number of likely N-dealkylation sites (tertiary alicyclic amines) is 1. The number of cyclic esters (lactones) is 1. The highest BCUT2D eigenvalue weighted by molar-refractivity contribution is 6.00. The second-order valence-electron chi connectivity index (χ2n) is 18.6. The van der Waals surface area contributed by atoms with Crippen molar-refractivity contribution >= 4 is 17.5 Å². The number of carbonyl (C=O) groups is 2. The lowest BCUT2D eigenvalue weighted by atomic mass is 9.74. The van der Waals surface area contributed by atoms with Gasteiger partial charge in [-0.15, -0.1) is 0 Å². The highest BCUT2D eigenvalue weighted by Gasteiger charge is 2.51. The van der Waals surface area contributed by atoms with Crippen LogP contribution >= 0.6 is 0 Å². The summed E-state index contributed by atoms with van der Waals surface area (Å²) in [4.78, 5) is 38.7. The van der Waals surface area contributed by atoms with Crippen LogP contribution in [-0.2, 0) is 33.4 Å². The molecule has 0 aromatic carbocycles. The number of piperidine rings is 1. The van der Waals surface area contributed by atoms with Gasteiger partial charge in [-0.3, -0.25) is 14.5 Å². The summed E-state index contributed by atoms with van der Waals surface area (Å²) in [6.07, 6.45) is 7.07. The SMILES string of the molecule is CCCCCCCCCCN1CCC[C@@H](O/N=C2\[C@H](C)C[C@@](C)(OC)[C@H](O[C@@H]3O[C@H](C)C[C@H](N(C)C)[C@H]3O)[C@@H](C)C(=O)[C@@H](C)C(=O)O[C@H](CC)[C@@](C)(O)[C@H](O)[C@H]2C)C1. The van der Waals surface area contributed by atoms with Crippen molar-refractivity contribution in [1.82, 2.24) is 9.80 Å². The van der Waals surface area contributed by atoms with Gasteiger partial charge in [0.25, 0.3) is 0 Å². The van der Waals surface area contributed by atoms with Crippen molar-refractivity contribution in [3.63, 3.8) is 0 Å². The van der Waals surface area contributed by atoms with Gasteiger partial charge < -0.3 is 44.0 Å². The van der Waals surface area contributed by atoms with Crippen LogP contribution in [0.1, 0.15) is 146 Å². The first-order valence-electron chi connectivity index (χ1n) is 22.6. The van der Waals surface area contributed by atoms with Crippen LogP contribution < -0.4 is 0 Å². The number of oxime groups is 1. The Bertz CT molecular complexity index is 1280. The van der Waals surface area contributed by atoms with E-state index in [4.69, 9.17) is 28.9 Å². The minimum atomic E-state index is -1.88. The average Bonchev–Trinajstić information content (AvgIpc) is 3.19. The lowest BCUT2D eigenvalue weighted by molar-refractivity contribution is -0.295. The number of unbranched alkanes of at least 4 members (excludes halogenated alkanes) is 7. The Morgan fingerprint density at radius 2 is 1.59 bits per heavy atom. The first kappa shape index (κ1) is 50.6. The Hall–Kier alpha value is -1.71. The third-order valence-electron chi connectivity index (χ3n) is 13.4. The third-order valence-corrected chi connectivity index (χ3v) is 13.4. The van der Waals surface area contributed by atoms with Gasteiger partial charge in [-0.2, -0.15) is 0 Å². The van der Waals surface area contributed by atoms with E-state index in [9.17, 15) is 24.9 Å². The van der Waals surface area contributed by atoms with Crippen LogP contribution in [0.4, 0.5) is 0 Å². The molecule has 58 heavy (non-hydrogen) atoms. The van der Waals surface area contributed by atoms with Gasteiger partial charge in [0.2, 0.25) is 0 Å². The summed E-state index contributed by atoms with van der Waals surface area (Å²) < 4.78 is 25.1. The van der Waals surface area contributed by atoms with Crippen molar-refractivity contribution in [3.8, 4) is 0 Å². The predicted molar refractivity (Wildman–Crippen MR) is 226 cm³/mol. The van der Waals surface area contributed by atoms with E-state index < -0.39 is 77.3 Å². The molecule has 0 unspecified atom stereocenters. The fourth-order valence-corrected chi connectivity index (χ4v) is 9.52. The van der Waals surface area contributed by atoms with Gasteiger partial charge in [0.1, 0.15) is 29.8 Å². The van der Waals surface area contributed by atoms with Gasteiger partial charge in [0.15, 0.2) is 12.1 Å². The zero-order chi connectivity index (χ0) is 43.4. The van der Waals surface area contributed by atoms with Gasteiger partial charge >= 0.3 is 5.97 Å². The predicted octanol–water partition coefficient (Wildman–Crippen LogP) is 6.13. The fraction of sp³-hybridized carbons (Fsp3) is 0.933. The quantitative estimate of drug-likeness (QED) is 0.0709. The van der Waals surface area contributed by atoms with E-state index in [0.717, 1.165) is 38.9 Å². The number of ether oxygens (including phenoxy) is 4. The second-order valence-corrected chi connectivity index (χ2v) is 18.6. The first-order valence-corrected chi connectivity index (χ1v) is 22.6. The summed E-state index contributed by atoms with van der Waals surface area (Å²) in [6.45, 7) is 19.0. The summed E-state index contributed by atoms with van der Waals surface area (Å²) in [5, 5.41) is 40.2. The van der Waals surface area contributed by atoms with E-state index in [-0.39, 0.29) is 31.1 Å². The van der Waals surface area contributed by atoms with Gasteiger partial charge in [-0.1, -0.05) is 84.7 Å². The van der Waals surface area contributed by atoms with Crippen LogP contribution in [0.3, 0.4) is 0 Å². The van der Waals surface area contributed by atoms with Crippen molar-refractivity contribution < 1.29 is 48.7 Å². The maximum absolute atomic E-state index is 14.3. The van der Waals surface area contributed by atoms with Crippen LogP contribution in [0, 0.1) is 23.7 Å². The van der Waals surface area contributed by atoms with Crippen molar-refractivity contribution in [2.24, 2.45) is 28.8 Å². The molecule has 3 heterocycles. The lowest BCUT2D eigenvalue weighted by Crippen LogP contribution is -2.60. The molecule has 13 nitrogen and oxygen atoms in total. The molecule has 0 saturated carbocycles. The molecule has 0 amide bonds. The maximum Gasteiger partial charge on any atom is 0.316 e. The van der Waals surface area contributed by atoms with E-state index in [0.29, 0.717) is 12.1 Å². The van der Waals surface area contributed by atoms with E-state index in [1.165, 1.54) is 58.8 Å². The number of hydrogen-bond donors (Lipinski definition) is 3. The summed E-state index contributed by atoms with van der Waals surface area (Å²) in [7, 11) is 5.34. The monoisotopic (exact) mass is 826 g/mol. The number of carbonyl (C=O) groups excluding carboxylic acids is 2. The first-order chi connectivity index (χ1) is 27.3. The Morgan fingerprint density at radius 1 is 0.948 bits per heavy atom. The van der Waals surface area contributed by atoms with E-state index in [1.807, 2.05) is 39.8 Å². The molecule has 0 bridgehead atoms. The molecule has 0 spiro atoms. The normalized spacial score (nSPS) is 39.8. The van der Waals surface area contributed by atoms with E-state index >= 15 is 0 Å². The molecule has 338 valence electrons. The van der Waals surface area contributed by atoms with Crippen molar-refractivity contribution in [1.29, 1.82) is 0 Å². The highest BCUT2D eigenvalue weighted by Crippen LogP contribution is 2.39. The largest absolute Gasteiger partial charge is 0.459 e. The molecular weight excluding hydrogens is 743 g/mol. The average molecular weight is 826 g/mol. The topological polar surface area (TPSA) is 160 Å². The molecule has 0 aromatic heterocycles. The second kappa shape index (κ2) is 23.5. The van der Waals surface area contributed by atoms with Crippen molar-refractivity contribution in [3.05, 3.63) is 0 Å². The Morgan fingerprint density at radius 3 is 2.19 bits per heavy atom. The summed E-state index contributed by atoms with van der Waals surface area (Å²) in [5.41, 5.74) is -2.57. The minimum Gasteiger partial charge on any atom is -0.459 e. The smallest absolute Gasteiger partial charge is 0.316 e. The number of Topliss-reactive ketones (excluding diaryl/α,β-unsaturated/α-hetero) is 1. The molecule has 3 saturated heterocycles. The molecule has 3 fully saturated rings.